The van der Waals surface area contributed by atoms with Crippen molar-refractivity contribution in [2.75, 3.05) is 32.8 Å². The first-order chi connectivity index (χ1) is 7.74. The number of hydrogen-bond acceptors (Lipinski definition) is 5. The molecule has 0 aromatic rings. The average Bonchev–Trinajstić information content (AvgIpc) is 2.66. The minimum absolute atomic E-state index is 0.670. The van der Waals surface area contributed by atoms with Crippen molar-refractivity contribution < 1.29 is 4.74 Å². The van der Waals surface area contributed by atoms with E-state index in [1.54, 1.807) is 0 Å². The second-order valence-electron chi connectivity index (χ2n) is 4.73. The van der Waals surface area contributed by atoms with E-state index in [-0.39, 0.29) is 0 Å². The van der Waals surface area contributed by atoms with E-state index in [2.05, 4.69) is 29.3 Å². The zero-order chi connectivity index (χ0) is 11.4. The lowest BCUT2D eigenvalue weighted by Crippen LogP contribution is -2.47. The van der Waals surface area contributed by atoms with Gasteiger partial charge in [0.15, 0.2) is 5.17 Å². The number of thioether (sulfide) groups is 1. The fraction of sp³-hybridized carbons (Fsp3) is 0.909. The van der Waals surface area contributed by atoms with Crippen molar-refractivity contribution in [3.05, 3.63) is 0 Å². The maximum Gasteiger partial charge on any atom is 0.171 e. The molecule has 2 rings (SSSR count). The number of aliphatic imine (C=N–C) groups is 1. The van der Waals surface area contributed by atoms with E-state index in [1.807, 2.05) is 11.8 Å². The van der Waals surface area contributed by atoms with Crippen molar-refractivity contribution in [3.8, 4) is 0 Å². The predicted molar refractivity (Wildman–Crippen MR) is 68.7 cm³/mol. The van der Waals surface area contributed by atoms with E-state index in [1.165, 1.54) is 6.42 Å². The fourth-order valence-corrected chi connectivity index (χ4v) is 3.21. The third-order valence-electron chi connectivity index (χ3n) is 2.72. The van der Waals surface area contributed by atoms with Crippen LogP contribution in [0.2, 0.25) is 0 Å². The van der Waals surface area contributed by atoms with Gasteiger partial charge in [-0.1, -0.05) is 25.6 Å². The van der Waals surface area contributed by atoms with E-state index in [9.17, 15) is 0 Å². The molecule has 0 aliphatic carbocycles. The van der Waals surface area contributed by atoms with Gasteiger partial charge in [-0.25, -0.2) is 5.01 Å². The third-order valence-corrected chi connectivity index (χ3v) is 3.83. The Balaban J connectivity index is 1.71. The highest BCUT2D eigenvalue weighted by atomic mass is 32.2. The number of nitrogens with one attached hydrogen (secondary N) is 1. The molecule has 2 aliphatic rings. The second-order valence-corrected chi connectivity index (χ2v) is 6.02. The molecule has 0 bridgehead atoms. The summed E-state index contributed by atoms with van der Waals surface area (Å²) in [6.07, 6.45) is 1.25. The van der Waals surface area contributed by atoms with Gasteiger partial charge in [-0.3, -0.25) is 10.4 Å². The largest absolute Gasteiger partial charge is 0.379 e. The molecule has 92 valence electrons. The summed E-state index contributed by atoms with van der Waals surface area (Å²) in [6, 6.07) is 0. The van der Waals surface area contributed by atoms with Crippen LogP contribution in [0, 0.1) is 5.92 Å². The zero-order valence-corrected chi connectivity index (χ0v) is 10.9. The smallest absolute Gasteiger partial charge is 0.171 e. The van der Waals surface area contributed by atoms with Crippen LogP contribution in [0.3, 0.4) is 0 Å². The van der Waals surface area contributed by atoms with Crippen molar-refractivity contribution in [1.82, 2.24) is 10.4 Å². The number of ether oxygens (including phenoxy) is 1. The summed E-state index contributed by atoms with van der Waals surface area (Å²) >= 11 is 1.89. The molecule has 1 N–H and O–H groups in total. The first kappa shape index (κ1) is 12.2. The molecular formula is C11H21N3OS. The van der Waals surface area contributed by atoms with Gasteiger partial charge in [-0.2, -0.15) is 0 Å². The van der Waals surface area contributed by atoms with Crippen LogP contribution in [-0.2, 0) is 4.74 Å². The molecule has 2 heterocycles. The maximum absolute atomic E-state index is 5.31. The molecule has 5 heteroatoms. The first-order valence-corrected chi connectivity index (χ1v) is 6.92. The number of hydrogen-bond donors (Lipinski definition) is 1. The van der Waals surface area contributed by atoms with Crippen LogP contribution >= 0.6 is 11.8 Å². The van der Waals surface area contributed by atoms with Gasteiger partial charge in [0.2, 0.25) is 0 Å². The van der Waals surface area contributed by atoms with Gasteiger partial charge in [-0.05, 0) is 12.3 Å². The summed E-state index contributed by atoms with van der Waals surface area (Å²) in [4.78, 5) is 4.55. The minimum Gasteiger partial charge on any atom is -0.379 e. The Bertz CT molecular complexity index is 252. The quantitative estimate of drug-likeness (QED) is 0.811. The highest BCUT2D eigenvalue weighted by Gasteiger charge is 2.22. The molecule has 2 aliphatic heterocycles. The van der Waals surface area contributed by atoms with Crippen LogP contribution in [0.4, 0.5) is 0 Å². The Morgan fingerprint density at radius 2 is 2.25 bits per heavy atom. The molecule has 0 spiro atoms. The molecule has 0 amide bonds. The summed E-state index contributed by atoms with van der Waals surface area (Å²) in [5.41, 5.74) is 3.39. The van der Waals surface area contributed by atoms with Gasteiger partial charge in [-0.15, -0.1) is 0 Å². The fourth-order valence-electron chi connectivity index (χ4n) is 1.94. The summed E-state index contributed by atoms with van der Waals surface area (Å²) < 4.78 is 5.31. The first-order valence-electron chi connectivity index (χ1n) is 6.04. The van der Waals surface area contributed by atoms with Gasteiger partial charge < -0.3 is 4.74 Å². The Kier molecular flexibility index (Phi) is 4.49. The third kappa shape index (κ3) is 3.64. The highest BCUT2D eigenvalue weighted by molar-refractivity contribution is 8.14. The van der Waals surface area contributed by atoms with Crippen molar-refractivity contribution in [2.24, 2.45) is 10.9 Å². The number of amidine groups is 1. The molecule has 1 atom stereocenters. The summed E-state index contributed by atoms with van der Waals surface area (Å²) in [6.45, 7) is 9.06. The summed E-state index contributed by atoms with van der Waals surface area (Å²) in [7, 11) is 0. The lowest BCUT2D eigenvalue weighted by Gasteiger charge is -2.27. The summed E-state index contributed by atoms with van der Waals surface area (Å²) in [5, 5.41) is 3.96. The van der Waals surface area contributed by atoms with Gasteiger partial charge in [0.1, 0.15) is 0 Å². The van der Waals surface area contributed by atoms with Crippen LogP contribution in [0.25, 0.3) is 0 Å². The second kappa shape index (κ2) is 5.89. The zero-order valence-electron chi connectivity index (χ0n) is 10.1. The SMILES string of the molecule is CC(C)CC1CN=C(NN2CCOCC2)S1. The van der Waals surface area contributed by atoms with Gasteiger partial charge in [0.25, 0.3) is 0 Å². The van der Waals surface area contributed by atoms with Crippen molar-refractivity contribution >= 4 is 16.9 Å². The van der Waals surface area contributed by atoms with Crippen molar-refractivity contribution in [1.29, 1.82) is 0 Å². The Labute approximate surface area is 102 Å². The molecular weight excluding hydrogens is 222 g/mol. The molecule has 1 saturated heterocycles. The Morgan fingerprint density at radius 1 is 1.50 bits per heavy atom. The van der Waals surface area contributed by atoms with Crippen LogP contribution < -0.4 is 5.43 Å². The number of morpholine rings is 1. The predicted octanol–water partition coefficient (Wildman–Crippen LogP) is 1.34. The molecule has 1 unspecified atom stereocenters. The Hall–Kier alpha value is -0.260. The number of rotatable bonds is 3. The molecule has 0 aromatic heterocycles. The number of hydrazine groups is 1. The minimum atomic E-state index is 0.670. The van der Waals surface area contributed by atoms with Crippen LogP contribution in [0.5, 0.6) is 0 Å². The standard InChI is InChI=1S/C11H21N3OS/c1-9(2)7-10-8-12-11(16-10)13-14-3-5-15-6-4-14/h9-10H,3-8H2,1-2H3,(H,12,13). The lowest BCUT2D eigenvalue weighted by molar-refractivity contribution is 0.0254. The average molecular weight is 243 g/mol. The van der Waals surface area contributed by atoms with Gasteiger partial charge in [0, 0.05) is 18.3 Å². The molecule has 1 fully saturated rings. The normalized spacial score (nSPS) is 27.2. The Morgan fingerprint density at radius 3 is 2.94 bits per heavy atom. The van der Waals surface area contributed by atoms with E-state index < -0.39 is 0 Å². The van der Waals surface area contributed by atoms with Crippen LogP contribution in [0.1, 0.15) is 20.3 Å². The maximum atomic E-state index is 5.31. The van der Waals surface area contributed by atoms with Crippen molar-refractivity contribution in [3.63, 3.8) is 0 Å². The van der Waals surface area contributed by atoms with E-state index in [4.69, 9.17) is 4.74 Å². The highest BCUT2D eigenvalue weighted by Crippen LogP contribution is 2.25. The number of nitrogens with zero attached hydrogens (tertiary/aromatic N) is 2. The van der Waals surface area contributed by atoms with E-state index >= 15 is 0 Å². The monoisotopic (exact) mass is 243 g/mol. The summed E-state index contributed by atoms with van der Waals surface area (Å²) in [5.74, 6) is 0.760. The topological polar surface area (TPSA) is 36.9 Å². The van der Waals surface area contributed by atoms with Gasteiger partial charge >= 0.3 is 0 Å². The molecule has 4 nitrogen and oxygen atoms in total. The van der Waals surface area contributed by atoms with Crippen molar-refractivity contribution in [2.45, 2.75) is 25.5 Å². The molecule has 0 aromatic carbocycles. The van der Waals surface area contributed by atoms with E-state index in [0.29, 0.717) is 5.25 Å². The molecule has 0 saturated carbocycles. The van der Waals surface area contributed by atoms with Gasteiger partial charge in [0.05, 0.1) is 19.8 Å². The van der Waals surface area contributed by atoms with Crippen LogP contribution in [0.15, 0.2) is 4.99 Å². The van der Waals surface area contributed by atoms with E-state index in [0.717, 1.165) is 43.9 Å². The van der Waals surface area contributed by atoms with Crippen LogP contribution in [-0.4, -0.2) is 48.3 Å². The molecule has 0 radical (unpaired) electrons. The lowest BCUT2D eigenvalue weighted by atomic mass is 10.1. The molecule has 16 heavy (non-hydrogen) atoms.